The molecular weight excluding hydrogens is 368 g/mol. The van der Waals surface area contributed by atoms with Gasteiger partial charge in [0.05, 0.1) is 25.9 Å². The van der Waals surface area contributed by atoms with Crippen LogP contribution in [0.4, 0.5) is 0 Å². The number of hydrogen-bond donors (Lipinski definition) is 1. The van der Waals surface area contributed by atoms with Crippen molar-refractivity contribution < 1.29 is 24.1 Å². The summed E-state index contributed by atoms with van der Waals surface area (Å²) in [6, 6.07) is 2.97. The minimum absolute atomic E-state index is 0.0863. The lowest BCUT2D eigenvalue weighted by atomic mass is 10.1. The number of aromatic hydroxyl groups is 1. The smallest absolute Gasteiger partial charge is 0.338 e. The van der Waals surface area contributed by atoms with Gasteiger partial charge >= 0.3 is 5.97 Å². The van der Waals surface area contributed by atoms with Crippen LogP contribution in [0.3, 0.4) is 0 Å². The van der Waals surface area contributed by atoms with E-state index in [9.17, 15) is 9.90 Å². The summed E-state index contributed by atoms with van der Waals surface area (Å²) >= 11 is 0. The van der Waals surface area contributed by atoms with Gasteiger partial charge in [0.15, 0.2) is 11.5 Å². The molecule has 29 heavy (non-hydrogen) atoms. The number of methoxy groups -OCH3 is 1. The summed E-state index contributed by atoms with van der Waals surface area (Å²) in [5.74, 6) is 0.131. The van der Waals surface area contributed by atoms with Crippen molar-refractivity contribution in [1.29, 1.82) is 0 Å². The Morgan fingerprint density at radius 3 is 1.86 bits per heavy atom. The fourth-order valence-electron chi connectivity index (χ4n) is 3.20. The van der Waals surface area contributed by atoms with Crippen LogP contribution in [0, 0.1) is 0 Å². The number of benzene rings is 1. The van der Waals surface area contributed by atoms with E-state index in [1.54, 1.807) is 6.07 Å². The van der Waals surface area contributed by atoms with Crippen LogP contribution in [0.5, 0.6) is 17.2 Å². The maximum Gasteiger partial charge on any atom is 0.338 e. The zero-order chi connectivity index (χ0) is 21.3. The number of carbonyl (C=O) groups excluding carboxylic acids is 1. The van der Waals surface area contributed by atoms with Gasteiger partial charge in [0.2, 0.25) is 5.75 Å². The molecule has 5 nitrogen and oxygen atoms in total. The first kappa shape index (κ1) is 25.1. The Bertz CT molecular complexity index is 571. The van der Waals surface area contributed by atoms with Gasteiger partial charge in [-0.05, 0) is 25.0 Å². The largest absolute Gasteiger partial charge is 0.504 e. The highest BCUT2D eigenvalue weighted by Gasteiger charge is 2.17. The van der Waals surface area contributed by atoms with Gasteiger partial charge in [-0.15, -0.1) is 0 Å². The van der Waals surface area contributed by atoms with Gasteiger partial charge in [-0.3, -0.25) is 0 Å². The van der Waals surface area contributed by atoms with Crippen molar-refractivity contribution in [3.8, 4) is 17.2 Å². The van der Waals surface area contributed by atoms with Crippen molar-refractivity contribution >= 4 is 5.97 Å². The molecule has 0 fully saturated rings. The second kappa shape index (κ2) is 15.9. The second-order valence-electron chi connectivity index (χ2n) is 7.55. The number of hydrogen-bond acceptors (Lipinski definition) is 5. The molecule has 0 bridgehead atoms. The molecule has 0 heterocycles. The molecular formula is C24H40O5. The van der Waals surface area contributed by atoms with E-state index in [0.29, 0.717) is 24.7 Å². The van der Waals surface area contributed by atoms with Gasteiger partial charge in [-0.1, -0.05) is 78.1 Å². The van der Waals surface area contributed by atoms with Crippen molar-refractivity contribution in [3.05, 3.63) is 17.7 Å². The number of phenols is 1. The molecule has 0 aromatic heterocycles. The summed E-state index contributed by atoms with van der Waals surface area (Å²) in [6.45, 7) is 5.46. The molecule has 0 unspecified atom stereocenters. The minimum atomic E-state index is -0.507. The van der Waals surface area contributed by atoms with Gasteiger partial charge in [0.1, 0.15) is 0 Å². The number of phenolic OH excluding ortho intramolecular Hbond substituents is 1. The maximum absolute atomic E-state index is 11.9. The van der Waals surface area contributed by atoms with Crippen LogP contribution in [0.25, 0.3) is 0 Å². The summed E-state index contributed by atoms with van der Waals surface area (Å²) < 4.78 is 16.5. The third kappa shape index (κ3) is 10.4. The number of carbonyl (C=O) groups is 1. The Labute approximate surface area is 176 Å². The minimum Gasteiger partial charge on any atom is -0.504 e. The second-order valence-corrected chi connectivity index (χ2v) is 7.55. The third-order valence-corrected chi connectivity index (χ3v) is 4.96. The zero-order valence-corrected chi connectivity index (χ0v) is 18.6. The average Bonchev–Trinajstić information content (AvgIpc) is 2.72. The van der Waals surface area contributed by atoms with Crippen molar-refractivity contribution in [1.82, 2.24) is 0 Å². The zero-order valence-electron chi connectivity index (χ0n) is 18.6. The normalized spacial score (nSPS) is 10.7. The van der Waals surface area contributed by atoms with Gasteiger partial charge in [-0.25, -0.2) is 4.79 Å². The van der Waals surface area contributed by atoms with Crippen LogP contribution < -0.4 is 9.47 Å². The average molecular weight is 409 g/mol. The van der Waals surface area contributed by atoms with Crippen molar-refractivity contribution in [3.63, 3.8) is 0 Å². The fraction of sp³-hybridized carbons (Fsp3) is 0.708. The lowest BCUT2D eigenvalue weighted by Crippen LogP contribution is -2.06. The monoisotopic (exact) mass is 408 g/mol. The summed E-state index contributed by atoms with van der Waals surface area (Å²) in [5.41, 5.74) is 0.259. The molecule has 0 saturated heterocycles. The van der Waals surface area contributed by atoms with Crippen LogP contribution in [0.15, 0.2) is 12.1 Å². The Kier molecular flexibility index (Phi) is 13.8. The van der Waals surface area contributed by atoms with Crippen molar-refractivity contribution in [2.75, 3.05) is 20.3 Å². The first-order valence-electron chi connectivity index (χ1n) is 11.3. The summed E-state index contributed by atoms with van der Waals surface area (Å²) in [7, 11) is 1.32. The van der Waals surface area contributed by atoms with E-state index in [4.69, 9.17) is 14.2 Å². The van der Waals surface area contributed by atoms with Crippen LogP contribution in [0.1, 0.15) is 101 Å². The fourth-order valence-corrected chi connectivity index (χ4v) is 3.20. The molecule has 0 aliphatic carbocycles. The lowest BCUT2D eigenvalue weighted by Gasteiger charge is -2.15. The Hall–Kier alpha value is -1.91. The maximum atomic E-state index is 11.9. The van der Waals surface area contributed by atoms with E-state index in [1.165, 1.54) is 64.5 Å². The molecule has 1 aromatic rings. The Morgan fingerprint density at radius 1 is 0.793 bits per heavy atom. The predicted molar refractivity (Wildman–Crippen MR) is 117 cm³/mol. The molecule has 1 N–H and O–H groups in total. The predicted octanol–water partition coefficient (Wildman–Crippen LogP) is 6.66. The number of unbranched alkanes of at least 4 members (excludes halogenated alkanes) is 10. The van der Waals surface area contributed by atoms with Gasteiger partial charge in [0, 0.05) is 0 Å². The summed E-state index contributed by atoms with van der Waals surface area (Å²) in [4.78, 5) is 11.9. The molecule has 0 atom stereocenters. The van der Waals surface area contributed by atoms with Gasteiger partial charge in [0.25, 0.3) is 0 Å². The third-order valence-electron chi connectivity index (χ3n) is 4.96. The quantitative estimate of drug-likeness (QED) is 0.231. The van der Waals surface area contributed by atoms with E-state index in [-0.39, 0.29) is 11.3 Å². The van der Waals surface area contributed by atoms with Crippen LogP contribution in [0.2, 0.25) is 0 Å². The highest BCUT2D eigenvalue weighted by molar-refractivity contribution is 5.91. The first-order chi connectivity index (χ1) is 14.1. The van der Waals surface area contributed by atoms with Crippen molar-refractivity contribution in [2.45, 2.75) is 90.9 Å². The molecule has 0 saturated carbocycles. The first-order valence-corrected chi connectivity index (χ1v) is 11.3. The van der Waals surface area contributed by atoms with E-state index in [1.807, 2.05) is 0 Å². The number of ether oxygens (including phenoxy) is 3. The molecule has 166 valence electrons. The Morgan fingerprint density at radius 2 is 1.31 bits per heavy atom. The molecule has 0 radical (unpaired) electrons. The number of esters is 1. The molecule has 0 aliphatic heterocycles. The topological polar surface area (TPSA) is 65.0 Å². The highest BCUT2D eigenvalue weighted by Crippen LogP contribution is 2.38. The van der Waals surface area contributed by atoms with E-state index < -0.39 is 5.97 Å². The number of rotatable bonds is 17. The standard InChI is InChI=1S/C24H40O5/c1-4-6-8-10-12-14-16-28-22-19-20(24(26)27-3)18-21(25)23(22)29-17-15-13-11-9-7-5-2/h18-19,25H,4-17H2,1-3H3. The lowest BCUT2D eigenvalue weighted by molar-refractivity contribution is 0.0599. The summed E-state index contributed by atoms with van der Waals surface area (Å²) in [6.07, 6.45) is 14.0. The van der Waals surface area contributed by atoms with Crippen LogP contribution in [-0.4, -0.2) is 31.4 Å². The van der Waals surface area contributed by atoms with Gasteiger partial charge in [-0.2, -0.15) is 0 Å². The molecule has 0 spiro atoms. The summed E-state index contributed by atoms with van der Waals surface area (Å²) in [5, 5.41) is 10.4. The van der Waals surface area contributed by atoms with Crippen LogP contribution in [-0.2, 0) is 4.74 Å². The SMILES string of the molecule is CCCCCCCCOc1cc(C(=O)OC)cc(O)c1OCCCCCCCC. The molecule has 0 amide bonds. The molecule has 1 rings (SSSR count). The van der Waals surface area contributed by atoms with E-state index in [2.05, 4.69) is 13.8 Å². The molecule has 5 heteroatoms. The van der Waals surface area contributed by atoms with E-state index in [0.717, 1.165) is 25.7 Å². The highest BCUT2D eigenvalue weighted by atomic mass is 16.5. The van der Waals surface area contributed by atoms with E-state index >= 15 is 0 Å². The Balaban J connectivity index is 2.60. The molecule has 1 aromatic carbocycles. The van der Waals surface area contributed by atoms with Gasteiger partial charge < -0.3 is 19.3 Å². The van der Waals surface area contributed by atoms with Crippen molar-refractivity contribution in [2.24, 2.45) is 0 Å². The van der Waals surface area contributed by atoms with Crippen LogP contribution >= 0.6 is 0 Å². The molecule has 0 aliphatic rings.